The Hall–Kier alpha value is -2.04. The van der Waals surface area contributed by atoms with Crippen molar-refractivity contribution in [3.8, 4) is 0 Å². The summed E-state index contributed by atoms with van der Waals surface area (Å²) in [6, 6.07) is 8.60. The van der Waals surface area contributed by atoms with Crippen molar-refractivity contribution in [2.45, 2.75) is 65.0 Å². The summed E-state index contributed by atoms with van der Waals surface area (Å²) in [4.78, 5) is 17.1. The Labute approximate surface area is 157 Å². The molecule has 2 unspecified atom stereocenters. The van der Waals surface area contributed by atoms with Gasteiger partial charge in [0.1, 0.15) is 0 Å². The predicted octanol–water partition coefficient (Wildman–Crippen LogP) is 3.67. The molecule has 26 heavy (non-hydrogen) atoms. The van der Waals surface area contributed by atoms with Crippen molar-refractivity contribution in [1.82, 2.24) is 10.6 Å². The third-order valence-corrected chi connectivity index (χ3v) is 5.37. The lowest BCUT2D eigenvalue weighted by Crippen LogP contribution is -2.39. The Morgan fingerprint density at radius 2 is 2.00 bits per heavy atom. The van der Waals surface area contributed by atoms with Crippen LogP contribution in [-0.2, 0) is 11.3 Å². The minimum Gasteiger partial charge on any atom is -0.357 e. The lowest BCUT2D eigenvalue weighted by molar-refractivity contribution is -0.120. The molecule has 0 aliphatic heterocycles. The van der Waals surface area contributed by atoms with E-state index < -0.39 is 0 Å². The number of amides is 1. The van der Waals surface area contributed by atoms with Crippen molar-refractivity contribution in [2.75, 3.05) is 11.9 Å². The molecule has 2 fully saturated rings. The van der Waals surface area contributed by atoms with E-state index in [2.05, 4.69) is 35.9 Å². The average Bonchev–Trinajstić information content (AvgIpc) is 3.35. The van der Waals surface area contributed by atoms with E-state index in [0.717, 1.165) is 42.5 Å². The summed E-state index contributed by atoms with van der Waals surface area (Å²) >= 11 is 0. The maximum atomic E-state index is 12.4. The van der Waals surface area contributed by atoms with Crippen LogP contribution in [0.15, 0.2) is 29.3 Å². The van der Waals surface area contributed by atoms with Gasteiger partial charge in [-0.25, -0.2) is 4.99 Å². The van der Waals surface area contributed by atoms with E-state index in [1.165, 1.54) is 25.7 Å². The van der Waals surface area contributed by atoms with Crippen LogP contribution in [0, 0.1) is 11.8 Å². The van der Waals surface area contributed by atoms with Gasteiger partial charge in [-0.2, -0.15) is 0 Å². The van der Waals surface area contributed by atoms with Gasteiger partial charge in [0, 0.05) is 24.2 Å². The van der Waals surface area contributed by atoms with Gasteiger partial charge in [-0.05, 0) is 49.8 Å². The molecular weight excluding hydrogens is 324 g/mol. The van der Waals surface area contributed by atoms with Crippen LogP contribution in [0.5, 0.6) is 0 Å². The Bertz CT molecular complexity index is 637. The predicted molar refractivity (Wildman–Crippen MR) is 107 cm³/mol. The molecule has 2 aliphatic rings. The number of benzene rings is 1. The van der Waals surface area contributed by atoms with Crippen molar-refractivity contribution in [1.29, 1.82) is 0 Å². The van der Waals surface area contributed by atoms with Gasteiger partial charge in [0.2, 0.25) is 5.91 Å². The number of carbonyl (C=O) groups is 1. The van der Waals surface area contributed by atoms with Gasteiger partial charge in [0.25, 0.3) is 0 Å². The van der Waals surface area contributed by atoms with E-state index in [0.29, 0.717) is 12.6 Å². The zero-order chi connectivity index (χ0) is 18.4. The number of hydrogen-bond acceptors (Lipinski definition) is 2. The van der Waals surface area contributed by atoms with Gasteiger partial charge in [-0.3, -0.25) is 4.79 Å². The van der Waals surface area contributed by atoms with Crippen molar-refractivity contribution in [3.05, 3.63) is 29.8 Å². The molecule has 5 heteroatoms. The van der Waals surface area contributed by atoms with Crippen LogP contribution in [0.2, 0.25) is 0 Å². The second kappa shape index (κ2) is 9.06. The van der Waals surface area contributed by atoms with Gasteiger partial charge in [0.05, 0.1) is 6.54 Å². The number of anilines is 1. The van der Waals surface area contributed by atoms with Gasteiger partial charge >= 0.3 is 0 Å². The minimum atomic E-state index is 0.170. The standard InChI is InChI=1S/C21H32N4O/c1-3-22-21(25-19-12-15(19)2)23-14-16-8-7-11-18(13-16)24-20(26)17-9-5-4-6-10-17/h7-8,11,13,15,17,19H,3-6,9-10,12,14H2,1-2H3,(H,24,26)(H2,22,23,25). The Balaban J connectivity index is 1.57. The number of rotatable bonds is 6. The largest absolute Gasteiger partial charge is 0.357 e. The average molecular weight is 357 g/mol. The normalized spacial score (nSPS) is 23.4. The number of hydrogen-bond donors (Lipinski definition) is 3. The first kappa shape index (κ1) is 18.7. The molecule has 0 heterocycles. The minimum absolute atomic E-state index is 0.170. The first-order valence-corrected chi connectivity index (χ1v) is 10.1. The summed E-state index contributed by atoms with van der Waals surface area (Å²) in [5.41, 5.74) is 1.98. The third kappa shape index (κ3) is 5.48. The maximum Gasteiger partial charge on any atom is 0.227 e. The molecule has 3 N–H and O–H groups in total. The first-order chi connectivity index (χ1) is 12.7. The molecule has 3 rings (SSSR count). The molecule has 2 atom stereocenters. The SMILES string of the molecule is CCNC(=NCc1cccc(NC(=O)C2CCCCC2)c1)NC1CC1C. The zero-order valence-electron chi connectivity index (χ0n) is 16.1. The molecule has 1 aromatic rings. The van der Waals surface area contributed by atoms with Gasteiger partial charge in [-0.1, -0.05) is 38.3 Å². The van der Waals surface area contributed by atoms with Crippen LogP contribution < -0.4 is 16.0 Å². The summed E-state index contributed by atoms with van der Waals surface area (Å²) in [5, 5.41) is 9.87. The third-order valence-electron chi connectivity index (χ3n) is 5.37. The molecule has 0 aromatic heterocycles. The van der Waals surface area contributed by atoms with Crippen molar-refractivity contribution >= 4 is 17.6 Å². The van der Waals surface area contributed by atoms with Gasteiger partial charge in [-0.15, -0.1) is 0 Å². The van der Waals surface area contributed by atoms with E-state index in [4.69, 9.17) is 4.99 Å². The molecule has 0 radical (unpaired) electrons. The number of guanidine groups is 1. The number of nitrogens with one attached hydrogen (secondary N) is 3. The molecule has 0 spiro atoms. The molecule has 2 aliphatic carbocycles. The van der Waals surface area contributed by atoms with Crippen LogP contribution >= 0.6 is 0 Å². The number of carbonyl (C=O) groups excluding carboxylic acids is 1. The van der Waals surface area contributed by atoms with E-state index >= 15 is 0 Å². The van der Waals surface area contributed by atoms with Gasteiger partial charge < -0.3 is 16.0 Å². The van der Waals surface area contributed by atoms with Crippen LogP contribution in [0.25, 0.3) is 0 Å². The highest BCUT2D eigenvalue weighted by Crippen LogP contribution is 2.28. The Morgan fingerprint density at radius 1 is 1.23 bits per heavy atom. The van der Waals surface area contributed by atoms with Crippen LogP contribution in [0.3, 0.4) is 0 Å². The highest BCUT2D eigenvalue weighted by atomic mass is 16.1. The molecule has 5 nitrogen and oxygen atoms in total. The lowest BCUT2D eigenvalue weighted by atomic mass is 9.88. The fourth-order valence-corrected chi connectivity index (χ4v) is 3.55. The lowest BCUT2D eigenvalue weighted by Gasteiger charge is -2.20. The van der Waals surface area contributed by atoms with E-state index in [1.807, 2.05) is 18.2 Å². The van der Waals surface area contributed by atoms with Crippen molar-refractivity contribution in [3.63, 3.8) is 0 Å². The second-order valence-electron chi connectivity index (χ2n) is 7.68. The Kier molecular flexibility index (Phi) is 6.53. The maximum absolute atomic E-state index is 12.4. The first-order valence-electron chi connectivity index (χ1n) is 10.1. The van der Waals surface area contributed by atoms with Gasteiger partial charge in [0.15, 0.2) is 5.96 Å². The molecule has 142 valence electrons. The number of aliphatic imine (C=N–C) groups is 1. The summed E-state index contributed by atoms with van der Waals surface area (Å²) in [6.45, 7) is 5.78. The zero-order valence-corrected chi connectivity index (χ0v) is 16.1. The molecule has 2 saturated carbocycles. The highest BCUT2D eigenvalue weighted by Gasteiger charge is 2.33. The van der Waals surface area contributed by atoms with E-state index in [-0.39, 0.29) is 11.8 Å². The summed E-state index contributed by atoms with van der Waals surface area (Å²) in [5.74, 6) is 1.95. The van der Waals surface area contributed by atoms with E-state index in [1.54, 1.807) is 0 Å². The topological polar surface area (TPSA) is 65.5 Å². The monoisotopic (exact) mass is 356 g/mol. The van der Waals surface area contributed by atoms with Crippen LogP contribution in [-0.4, -0.2) is 24.5 Å². The Morgan fingerprint density at radius 3 is 2.69 bits per heavy atom. The fourth-order valence-electron chi connectivity index (χ4n) is 3.55. The molecular formula is C21H32N4O. The van der Waals surface area contributed by atoms with Crippen LogP contribution in [0.1, 0.15) is 57.9 Å². The summed E-state index contributed by atoms with van der Waals surface area (Å²) in [6.07, 6.45) is 6.87. The summed E-state index contributed by atoms with van der Waals surface area (Å²) < 4.78 is 0. The fraction of sp³-hybridized carbons (Fsp3) is 0.619. The van der Waals surface area contributed by atoms with Crippen molar-refractivity contribution in [2.24, 2.45) is 16.8 Å². The molecule has 0 saturated heterocycles. The number of nitrogens with zero attached hydrogens (tertiary/aromatic N) is 1. The van der Waals surface area contributed by atoms with Crippen LogP contribution in [0.4, 0.5) is 5.69 Å². The quantitative estimate of drug-likeness (QED) is 0.538. The van der Waals surface area contributed by atoms with E-state index in [9.17, 15) is 4.79 Å². The smallest absolute Gasteiger partial charge is 0.227 e. The molecule has 1 amide bonds. The molecule has 1 aromatic carbocycles. The highest BCUT2D eigenvalue weighted by molar-refractivity contribution is 5.92. The molecule has 0 bridgehead atoms. The van der Waals surface area contributed by atoms with Crippen molar-refractivity contribution < 1.29 is 4.79 Å². The second-order valence-corrected chi connectivity index (χ2v) is 7.68. The summed E-state index contributed by atoms with van der Waals surface area (Å²) in [7, 11) is 0.